The summed E-state index contributed by atoms with van der Waals surface area (Å²) in [5.74, 6) is 0. The zero-order valence-corrected chi connectivity index (χ0v) is 15.2. The second-order valence-corrected chi connectivity index (χ2v) is 8.78. The average Bonchev–Trinajstić information content (AvgIpc) is 2.74. The fourth-order valence-corrected chi connectivity index (χ4v) is 4.12. The number of benzene rings is 1. The van der Waals surface area contributed by atoms with Gasteiger partial charge in [-0.1, -0.05) is 39.0 Å². The Balaban J connectivity index is 2.16. The third-order valence-electron chi connectivity index (χ3n) is 4.90. The predicted octanol–water partition coefficient (Wildman–Crippen LogP) is 5.25. The molecule has 0 fully saturated rings. The van der Waals surface area contributed by atoms with Crippen LogP contribution in [0.4, 0.5) is 4.39 Å². The summed E-state index contributed by atoms with van der Waals surface area (Å²) in [6.07, 6.45) is 0.974. The fourth-order valence-electron chi connectivity index (χ4n) is 4.12. The molecule has 0 aliphatic carbocycles. The number of halogens is 1. The van der Waals surface area contributed by atoms with Crippen molar-refractivity contribution in [2.24, 2.45) is 5.41 Å². The maximum Gasteiger partial charge on any atom is 0.118 e. The van der Waals surface area contributed by atoms with E-state index in [9.17, 15) is 4.39 Å². The van der Waals surface area contributed by atoms with Crippen LogP contribution in [-0.4, -0.2) is 28.1 Å². The molecular weight excluding hydrogens is 287 g/mol. The average molecular weight is 316 g/mol. The molecule has 1 N–H and O–H groups in total. The van der Waals surface area contributed by atoms with E-state index in [0.717, 1.165) is 6.42 Å². The summed E-state index contributed by atoms with van der Waals surface area (Å²) >= 11 is 0. The van der Waals surface area contributed by atoms with E-state index in [0.29, 0.717) is 12.6 Å². The van der Waals surface area contributed by atoms with E-state index in [4.69, 9.17) is 0 Å². The van der Waals surface area contributed by atoms with E-state index in [1.807, 2.05) is 0 Å². The fraction of sp³-hybridized carbons (Fsp3) is 0.600. The van der Waals surface area contributed by atoms with Crippen LogP contribution >= 0.6 is 0 Å². The van der Waals surface area contributed by atoms with Gasteiger partial charge < -0.3 is 4.98 Å². The minimum Gasteiger partial charge on any atom is -0.357 e. The molecule has 0 amide bonds. The number of hydrogen-bond acceptors (Lipinski definition) is 1. The van der Waals surface area contributed by atoms with E-state index in [1.165, 1.54) is 22.2 Å². The second-order valence-electron chi connectivity index (χ2n) is 8.78. The van der Waals surface area contributed by atoms with Crippen LogP contribution in [0.1, 0.15) is 58.8 Å². The molecule has 2 atom stereocenters. The van der Waals surface area contributed by atoms with Gasteiger partial charge in [-0.3, -0.25) is 4.90 Å². The molecule has 2 aromatic rings. The highest BCUT2D eigenvalue weighted by atomic mass is 19.1. The van der Waals surface area contributed by atoms with Crippen molar-refractivity contribution in [2.75, 3.05) is 6.54 Å². The van der Waals surface area contributed by atoms with Gasteiger partial charge in [0, 0.05) is 29.2 Å². The molecule has 1 aliphatic rings. The van der Waals surface area contributed by atoms with Gasteiger partial charge in [-0.25, -0.2) is 4.39 Å². The van der Waals surface area contributed by atoms with Crippen molar-refractivity contribution in [1.82, 2.24) is 9.88 Å². The molecule has 1 aromatic heterocycles. The minimum absolute atomic E-state index is 0.0373. The SMILES string of the molecule is C[C@@H]1Cc2c([nH]c3ccccc23)C(C(C)(C)C)N1CC(C)(C)F. The van der Waals surface area contributed by atoms with Crippen LogP contribution in [0, 0.1) is 5.41 Å². The maximum absolute atomic E-state index is 14.4. The zero-order chi connectivity index (χ0) is 17.0. The van der Waals surface area contributed by atoms with E-state index in [2.05, 4.69) is 61.8 Å². The molecular formula is C20H29FN2. The largest absolute Gasteiger partial charge is 0.357 e. The summed E-state index contributed by atoms with van der Waals surface area (Å²) in [6.45, 7) is 12.8. The highest BCUT2D eigenvalue weighted by Crippen LogP contribution is 2.46. The van der Waals surface area contributed by atoms with Gasteiger partial charge in [0.15, 0.2) is 0 Å². The molecule has 1 aromatic carbocycles. The Morgan fingerprint density at radius 2 is 1.83 bits per heavy atom. The Morgan fingerprint density at radius 1 is 1.17 bits per heavy atom. The summed E-state index contributed by atoms with van der Waals surface area (Å²) in [5, 5.41) is 1.32. The Morgan fingerprint density at radius 3 is 2.43 bits per heavy atom. The van der Waals surface area contributed by atoms with Crippen LogP contribution < -0.4 is 0 Å². The van der Waals surface area contributed by atoms with Gasteiger partial charge in [-0.15, -0.1) is 0 Å². The van der Waals surface area contributed by atoms with E-state index in [-0.39, 0.29) is 11.5 Å². The number of fused-ring (bicyclic) bond motifs is 3. The van der Waals surface area contributed by atoms with Gasteiger partial charge in [0.1, 0.15) is 5.67 Å². The van der Waals surface area contributed by atoms with E-state index >= 15 is 0 Å². The monoisotopic (exact) mass is 316 g/mol. The molecule has 0 bridgehead atoms. The molecule has 0 spiro atoms. The Bertz CT molecular complexity index is 702. The molecule has 0 saturated heterocycles. The summed E-state index contributed by atoms with van der Waals surface area (Å²) < 4.78 is 14.4. The summed E-state index contributed by atoms with van der Waals surface area (Å²) in [6, 6.07) is 9.05. The highest BCUT2D eigenvalue weighted by Gasteiger charge is 2.42. The number of hydrogen-bond donors (Lipinski definition) is 1. The Hall–Kier alpha value is -1.35. The van der Waals surface area contributed by atoms with Crippen molar-refractivity contribution in [3.8, 4) is 0 Å². The predicted molar refractivity (Wildman–Crippen MR) is 95.6 cm³/mol. The molecule has 3 rings (SSSR count). The normalized spacial score (nSPS) is 23.3. The number of aromatic amines is 1. The van der Waals surface area contributed by atoms with Crippen molar-refractivity contribution in [2.45, 2.75) is 65.7 Å². The van der Waals surface area contributed by atoms with Gasteiger partial charge in [0.05, 0.1) is 6.04 Å². The minimum atomic E-state index is -1.19. The third kappa shape index (κ3) is 3.03. The van der Waals surface area contributed by atoms with Crippen molar-refractivity contribution in [3.63, 3.8) is 0 Å². The standard InChI is InChI=1S/C20H29FN2/c1-13-11-15-14-9-7-8-10-16(14)22-17(15)18(19(2,3)4)23(13)12-20(5,6)21/h7-10,13,18,22H,11-12H2,1-6H3/t13-,18?/m1/s1. The van der Waals surface area contributed by atoms with E-state index in [1.54, 1.807) is 13.8 Å². The lowest BCUT2D eigenvalue weighted by atomic mass is 9.77. The summed E-state index contributed by atoms with van der Waals surface area (Å²) in [4.78, 5) is 6.00. The van der Waals surface area contributed by atoms with Gasteiger partial charge in [0.25, 0.3) is 0 Å². The first-order valence-electron chi connectivity index (χ1n) is 8.62. The molecule has 23 heavy (non-hydrogen) atoms. The van der Waals surface area contributed by atoms with Crippen molar-refractivity contribution in [3.05, 3.63) is 35.5 Å². The van der Waals surface area contributed by atoms with Crippen molar-refractivity contribution < 1.29 is 4.39 Å². The highest BCUT2D eigenvalue weighted by molar-refractivity contribution is 5.85. The summed E-state index contributed by atoms with van der Waals surface area (Å²) in [7, 11) is 0. The number of aromatic nitrogens is 1. The number of para-hydroxylation sites is 1. The van der Waals surface area contributed by atoms with Gasteiger partial charge in [-0.05, 0) is 44.2 Å². The maximum atomic E-state index is 14.4. The zero-order valence-electron chi connectivity index (χ0n) is 15.2. The van der Waals surface area contributed by atoms with Crippen molar-refractivity contribution >= 4 is 10.9 Å². The Kier molecular flexibility index (Phi) is 3.83. The molecule has 126 valence electrons. The molecule has 0 radical (unpaired) electrons. The van der Waals surface area contributed by atoms with Crippen LogP contribution in [0.15, 0.2) is 24.3 Å². The smallest absolute Gasteiger partial charge is 0.118 e. The lowest BCUT2D eigenvalue weighted by Gasteiger charge is -2.48. The number of H-pyrrole nitrogens is 1. The third-order valence-corrected chi connectivity index (χ3v) is 4.90. The number of alkyl halides is 1. The Labute approximate surface area is 139 Å². The lowest BCUT2D eigenvalue weighted by Crippen LogP contribution is -2.51. The van der Waals surface area contributed by atoms with Crippen LogP contribution in [0.25, 0.3) is 10.9 Å². The summed E-state index contributed by atoms with van der Waals surface area (Å²) in [5.41, 5.74) is 2.74. The lowest BCUT2D eigenvalue weighted by molar-refractivity contribution is 0.00650. The molecule has 1 unspecified atom stereocenters. The number of rotatable bonds is 2. The molecule has 0 saturated carbocycles. The first kappa shape index (κ1) is 16.5. The van der Waals surface area contributed by atoms with Crippen LogP contribution in [0.2, 0.25) is 0 Å². The molecule has 2 heterocycles. The molecule has 3 heteroatoms. The van der Waals surface area contributed by atoms with Crippen LogP contribution in [0.3, 0.4) is 0 Å². The van der Waals surface area contributed by atoms with Gasteiger partial charge >= 0.3 is 0 Å². The van der Waals surface area contributed by atoms with Gasteiger partial charge in [-0.2, -0.15) is 0 Å². The first-order chi connectivity index (χ1) is 10.6. The molecule has 1 aliphatic heterocycles. The topological polar surface area (TPSA) is 19.0 Å². The second kappa shape index (κ2) is 5.34. The van der Waals surface area contributed by atoms with Crippen molar-refractivity contribution in [1.29, 1.82) is 0 Å². The van der Waals surface area contributed by atoms with Crippen LogP contribution in [0.5, 0.6) is 0 Å². The van der Waals surface area contributed by atoms with Gasteiger partial charge in [0.2, 0.25) is 0 Å². The van der Waals surface area contributed by atoms with E-state index < -0.39 is 5.67 Å². The quantitative estimate of drug-likeness (QED) is 0.801. The number of nitrogens with one attached hydrogen (secondary N) is 1. The molecule has 2 nitrogen and oxygen atoms in total. The van der Waals surface area contributed by atoms with Crippen LogP contribution in [-0.2, 0) is 6.42 Å². The number of nitrogens with zero attached hydrogens (tertiary/aromatic N) is 1. The first-order valence-corrected chi connectivity index (χ1v) is 8.62.